The fourth-order valence-electron chi connectivity index (χ4n) is 3.39. The molecular formula is C19H23N5O2. The van der Waals surface area contributed by atoms with Crippen LogP contribution in [0.1, 0.15) is 15.9 Å². The number of fused-ring (bicyclic) bond motifs is 1. The molecule has 0 radical (unpaired) electrons. The first-order valence-corrected chi connectivity index (χ1v) is 9.07. The number of hydrogen-bond acceptors (Lipinski definition) is 6. The number of carbonyl (C=O) groups excluding carboxylic acids is 1. The quantitative estimate of drug-likeness (QED) is 0.877. The predicted octanol–water partition coefficient (Wildman–Crippen LogP) is 1.42. The summed E-state index contributed by atoms with van der Waals surface area (Å²) in [7, 11) is 0. The van der Waals surface area contributed by atoms with Crippen molar-refractivity contribution in [1.82, 2.24) is 14.9 Å². The highest BCUT2D eigenvalue weighted by Gasteiger charge is 2.25. The topological polar surface area (TPSA) is 70.6 Å². The van der Waals surface area contributed by atoms with Gasteiger partial charge in [-0.15, -0.1) is 0 Å². The number of ether oxygens (including phenoxy) is 1. The van der Waals surface area contributed by atoms with Gasteiger partial charge in [0.1, 0.15) is 0 Å². The molecule has 0 spiro atoms. The highest BCUT2D eigenvalue weighted by Crippen LogP contribution is 2.28. The van der Waals surface area contributed by atoms with Crippen LogP contribution in [-0.2, 0) is 11.2 Å². The van der Waals surface area contributed by atoms with Crippen LogP contribution < -0.4 is 10.2 Å². The van der Waals surface area contributed by atoms with E-state index in [4.69, 9.17) is 4.74 Å². The van der Waals surface area contributed by atoms with Crippen molar-refractivity contribution < 1.29 is 9.53 Å². The molecule has 1 fully saturated rings. The Kier molecular flexibility index (Phi) is 5.08. The maximum atomic E-state index is 12.7. The van der Waals surface area contributed by atoms with Crippen molar-refractivity contribution in [2.75, 3.05) is 56.2 Å². The monoisotopic (exact) mass is 353 g/mol. The number of aromatic nitrogens is 2. The summed E-state index contributed by atoms with van der Waals surface area (Å²) in [6.07, 6.45) is 4.10. The Morgan fingerprint density at radius 2 is 1.88 bits per heavy atom. The second kappa shape index (κ2) is 7.80. The third kappa shape index (κ3) is 3.68. The molecule has 2 aromatic rings. The lowest BCUT2D eigenvalue weighted by Gasteiger charge is -2.26. The summed E-state index contributed by atoms with van der Waals surface area (Å²) in [6, 6.07) is 8.03. The third-order valence-electron chi connectivity index (χ3n) is 4.85. The number of nitrogens with one attached hydrogen (secondary N) is 1. The minimum atomic E-state index is -0.0465. The second-order valence-corrected chi connectivity index (χ2v) is 6.51. The van der Waals surface area contributed by atoms with Crippen LogP contribution in [0.2, 0.25) is 0 Å². The minimum absolute atomic E-state index is 0.0465. The van der Waals surface area contributed by atoms with Crippen molar-refractivity contribution in [3.05, 3.63) is 47.8 Å². The van der Waals surface area contributed by atoms with Gasteiger partial charge in [-0.1, -0.05) is 18.2 Å². The number of amides is 1. The van der Waals surface area contributed by atoms with Crippen molar-refractivity contribution >= 4 is 17.5 Å². The zero-order valence-electron chi connectivity index (χ0n) is 14.7. The van der Waals surface area contributed by atoms with Crippen molar-refractivity contribution in [2.45, 2.75) is 6.42 Å². The molecule has 136 valence electrons. The van der Waals surface area contributed by atoms with E-state index < -0.39 is 0 Å². The molecule has 0 saturated carbocycles. The average Bonchev–Trinajstić information content (AvgIpc) is 3.13. The van der Waals surface area contributed by atoms with E-state index in [1.165, 1.54) is 5.56 Å². The number of hydrogen-bond donors (Lipinski definition) is 1. The summed E-state index contributed by atoms with van der Waals surface area (Å²) in [5.41, 5.74) is 2.72. The van der Waals surface area contributed by atoms with Gasteiger partial charge in [0.05, 0.1) is 18.8 Å². The zero-order valence-corrected chi connectivity index (χ0v) is 14.7. The van der Waals surface area contributed by atoms with Gasteiger partial charge in [0.25, 0.3) is 5.91 Å². The SMILES string of the molecule is O=C(c1cnc(NCCN2CCOCC2)nc1)N1CCc2ccccc21. The van der Waals surface area contributed by atoms with E-state index in [0.29, 0.717) is 18.1 Å². The molecule has 2 aliphatic rings. The van der Waals surface area contributed by atoms with E-state index >= 15 is 0 Å². The Balaban J connectivity index is 1.33. The Labute approximate surface area is 153 Å². The lowest BCUT2D eigenvalue weighted by molar-refractivity contribution is 0.0398. The highest BCUT2D eigenvalue weighted by molar-refractivity contribution is 6.06. The fourth-order valence-corrected chi connectivity index (χ4v) is 3.39. The van der Waals surface area contributed by atoms with Gasteiger partial charge >= 0.3 is 0 Å². The number of carbonyl (C=O) groups is 1. The number of benzene rings is 1. The lowest BCUT2D eigenvalue weighted by atomic mass is 10.2. The molecule has 26 heavy (non-hydrogen) atoms. The van der Waals surface area contributed by atoms with Crippen LogP contribution in [0.25, 0.3) is 0 Å². The van der Waals surface area contributed by atoms with E-state index in [1.807, 2.05) is 18.2 Å². The van der Waals surface area contributed by atoms with Crippen molar-refractivity contribution in [3.63, 3.8) is 0 Å². The van der Waals surface area contributed by atoms with Crippen LogP contribution >= 0.6 is 0 Å². The smallest absolute Gasteiger partial charge is 0.261 e. The number of anilines is 2. The standard InChI is InChI=1S/C19H23N5O2/c25-18(24-7-5-15-3-1-2-4-17(15)24)16-13-21-19(22-14-16)20-6-8-23-9-11-26-12-10-23/h1-4,13-14H,5-12H2,(H,20,21,22). The Bertz CT molecular complexity index is 759. The molecule has 0 bridgehead atoms. The van der Waals surface area contributed by atoms with E-state index in [1.54, 1.807) is 17.3 Å². The number of para-hydroxylation sites is 1. The molecule has 1 N–H and O–H groups in total. The van der Waals surface area contributed by atoms with Crippen LogP contribution in [0, 0.1) is 0 Å². The summed E-state index contributed by atoms with van der Waals surface area (Å²) in [5.74, 6) is 0.506. The molecule has 4 rings (SSSR count). The van der Waals surface area contributed by atoms with Gasteiger partial charge in [0.2, 0.25) is 5.95 Å². The van der Waals surface area contributed by atoms with Gasteiger partial charge in [-0.05, 0) is 18.1 Å². The average molecular weight is 353 g/mol. The van der Waals surface area contributed by atoms with Gasteiger partial charge in [-0.3, -0.25) is 9.69 Å². The van der Waals surface area contributed by atoms with Crippen LogP contribution in [0.15, 0.2) is 36.7 Å². The van der Waals surface area contributed by atoms with E-state index in [-0.39, 0.29) is 5.91 Å². The van der Waals surface area contributed by atoms with E-state index in [0.717, 1.165) is 51.5 Å². The van der Waals surface area contributed by atoms with Crippen LogP contribution in [0.3, 0.4) is 0 Å². The van der Waals surface area contributed by atoms with Crippen LogP contribution in [-0.4, -0.2) is 66.7 Å². The van der Waals surface area contributed by atoms with Crippen LogP contribution in [0.4, 0.5) is 11.6 Å². The van der Waals surface area contributed by atoms with Crippen LogP contribution in [0.5, 0.6) is 0 Å². The number of rotatable bonds is 5. The second-order valence-electron chi connectivity index (χ2n) is 6.51. The summed E-state index contributed by atoms with van der Waals surface area (Å²) in [4.78, 5) is 25.5. The number of morpholine rings is 1. The van der Waals surface area contributed by atoms with Crippen molar-refractivity contribution in [2.24, 2.45) is 0 Å². The van der Waals surface area contributed by atoms with Gasteiger partial charge in [-0.25, -0.2) is 9.97 Å². The molecule has 1 amide bonds. The minimum Gasteiger partial charge on any atom is -0.379 e. The molecule has 0 unspecified atom stereocenters. The summed E-state index contributed by atoms with van der Waals surface area (Å²) >= 11 is 0. The molecule has 1 aromatic carbocycles. The number of nitrogens with zero attached hydrogens (tertiary/aromatic N) is 4. The molecule has 7 nitrogen and oxygen atoms in total. The maximum Gasteiger partial charge on any atom is 0.261 e. The molecule has 0 aliphatic carbocycles. The third-order valence-corrected chi connectivity index (χ3v) is 4.85. The first kappa shape index (κ1) is 16.9. The summed E-state index contributed by atoms with van der Waals surface area (Å²) < 4.78 is 5.34. The predicted molar refractivity (Wildman–Crippen MR) is 99.6 cm³/mol. The summed E-state index contributed by atoms with van der Waals surface area (Å²) in [6.45, 7) is 5.93. The molecule has 0 atom stereocenters. The highest BCUT2D eigenvalue weighted by atomic mass is 16.5. The molecule has 2 aliphatic heterocycles. The normalized spacial score (nSPS) is 17.2. The molecule has 7 heteroatoms. The molecular weight excluding hydrogens is 330 g/mol. The maximum absolute atomic E-state index is 12.7. The van der Waals surface area contributed by atoms with Gasteiger partial charge < -0.3 is 15.0 Å². The fraction of sp³-hybridized carbons (Fsp3) is 0.421. The van der Waals surface area contributed by atoms with Gasteiger partial charge in [0.15, 0.2) is 0 Å². The Morgan fingerprint density at radius 1 is 1.12 bits per heavy atom. The summed E-state index contributed by atoms with van der Waals surface area (Å²) in [5, 5.41) is 3.21. The van der Waals surface area contributed by atoms with Gasteiger partial charge in [-0.2, -0.15) is 0 Å². The van der Waals surface area contributed by atoms with E-state index in [9.17, 15) is 4.79 Å². The first-order chi connectivity index (χ1) is 12.8. The molecule has 1 aromatic heterocycles. The largest absolute Gasteiger partial charge is 0.379 e. The Morgan fingerprint density at radius 3 is 2.69 bits per heavy atom. The first-order valence-electron chi connectivity index (χ1n) is 9.07. The van der Waals surface area contributed by atoms with Crippen molar-refractivity contribution in [1.29, 1.82) is 0 Å². The van der Waals surface area contributed by atoms with E-state index in [2.05, 4.69) is 26.3 Å². The van der Waals surface area contributed by atoms with Gasteiger partial charge in [0, 0.05) is 50.8 Å². The van der Waals surface area contributed by atoms with Crippen molar-refractivity contribution in [3.8, 4) is 0 Å². The molecule has 3 heterocycles. The lowest BCUT2D eigenvalue weighted by Crippen LogP contribution is -2.39. The zero-order chi connectivity index (χ0) is 17.8. The Hall–Kier alpha value is -2.51. The molecule has 1 saturated heterocycles.